The highest BCUT2D eigenvalue weighted by molar-refractivity contribution is 7.88. The molecule has 3 aromatic rings. The number of thiophene rings is 1. The Kier molecular flexibility index (Phi) is 10.8. The Morgan fingerprint density at radius 2 is 1.61 bits per heavy atom. The number of nitrogen functional groups attached to an aromatic ring is 1. The molecule has 0 aliphatic carbocycles. The number of hydrogen-bond acceptors (Lipinski definition) is 10. The fourth-order valence-corrected chi connectivity index (χ4v) is 6.60. The SMILES string of the molecule is CC.CC.Cc1c(CN2CCN(S(C)(=O)=O)CC2)sc2c(N3CCOCC3)nc(-c3cnc(N)nc3)cc12. The molecule has 2 fully saturated rings. The van der Waals surface area contributed by atoms with Crippen LogP contribution in [0.15, 0.2) is 18.5 Å². The zero-order valence-corrected chi connectivity index (χ0v) is 25.0. The van der Waals surface area contributed by atoms with Gasteiger partial charge in [-0.15, -0.1) is 11.3 Å². The number of aryl methyl sites for hydroxylation is 1. The molecule has 10 nitrogen and oxygen atoms in total. The molecule has 0 atom stereocenters. The van der Waals surface area contributed by atoms with Crippen molar-refractivity contribution in [2.75, 3.05) is 69.4 Å². The van der Waals surface area contributed by atoms with E-state index in [1.54, 1.807) is 28.0 Å². The van der Waals surface area contributed by atoms with Gasteiger partial charge in [-0.05, 0) is 18.6 Å². The smallest absolute Gasteiger partial charge is 0.219 e. The van der Waals surface area contributed by atoms with Crippen molar-refractivity contribution < 1.29 is 13.2 Å². The van der Waals surface area contributed by atoms with Gasteiger partial charge >= 0.3 is 0 Å². The van der Waals surface area contributed by atoms with E-state index in [2.05, 4.69) is 32.8 Å². The lowest BCUT2D eigenvalue weighted by Crippen LogP contribution is -2.47. The summed E-state index contributed by atoms with van der Waals surface area (Å²) in [5.74, 6) is 1.21. The number of nitrogens with zero attached hydrogens (tertiary/aromatic N) is 6. The zero-order chi connectivity index (χ0) is 27.9. The van der Waals surface area contributed by atoms with Crippen LogP contribution in [0.5, 0.6) is 0 Å². The van der Waals surface area contributed by atoms with Gasteiger partial charge in [0.2, 0.25) is 16.0 Å². The summed E-state index contributed by atoms with van der Waals surface area (Å²) in [5.41, 5.74) is 8.57. The van der Waals surface area contributed by atoms with Crippen LogP contribution in [-0.2, 0) is 21.3 Å². The first-order chi connectivity index (χ1) is 18.3. The maximum Gasteiger partial charge on any atom is 0.219 e. The highest BCUT2D eigenvalue weighted by Gasteiger charge is 2.26. The normalized spacial score (nSPS) is 16.9. The van der Waals surface area contributed by atoms with Crippen molar-refractivity contribution in [2.24, 2.45) is 0 Å². The molecule has 2 aliphatic rings. The Morgan fingerprint density at radius 1 is 1.00 bits per heavy atom. The summed E-state index contributed by atoms with van der Waals surface area (Å²) in [6.07, 6.45) is 4.70. The molecule has 0 unspecified atom stereocenters. The van der Waals surface area contributed by atoms with E-state index in [9.17, 15) is 8.42 Å². The lowest BCUT2D eigenvalue weighted by Gasteiger charge is -2.33. The van der Waals surface area contributed by atoms with Gasteiger partial charge in [0.15, 0.2) is 0 Å². The number of hydrogen-bond donors (Lipinski definition) is 1. The highest BCUT2D eigenvalue weighted by atomic mass is 32.2. The Morgan fingerprint density at radius 3 is 2.18 bits per heavy atom. The summed E-state index contributed by atoms with van der Waals surface area (Å²) in [7, 11) is -3.14. The number of ether oxygens (including phenoxy) is 1. The maximum atomic E-state index is 11.9. The van der Waals surface area contributed by atoms with Gasteiger partial charge in [0.1, 0.15) is 5.82 Å². The van der Waals surface area contributed by atoms with Crippen molar-refractivity contribution in [2.45, 2.75) is 41.2 Å². The molecule has 0 bridgehead atoms. The van der Waals surface area contributed by atoms with Crippen LogP contribution in [0.4, 0.5) is 11.8 Å². The molecule has 0 aromatic carbocycles. The molecule has 0 spiro atoms. The third-order valence-corrected chi connectivity index (χ3v) is 9.04. The summed E-state index contributed by atoms with van der Waals surface area (Å²) >= 11 is 1.78. The Balaban J connectivity index is 0.000000956. The average molecular weight is 564 g/mol. The van der Waals surface area contributed by atoms with Gasteiger partial charge in [-0.3, -0.25) is 4.90 Å². The van der Waals surface area contributed by atoms with Gasteiger partial charge in [0.05, 0.1) is 29.9 Å². The van der Waals surface area contributed by atoms with Crippen molar-refractivity contribution in [3.63, 3.8) is 0 Å². The fourth-order valence-electron chi connectivity index (χ4n) is 4.43. The maximum absolute atomic E-state index is 11.9. The summed E-state index contributed by atoms with van der Waals surface area (Å²) in [5, 5.41) is 1.18. The van der Waals surface area contributed by atoms with Crippen LogP contribution in [0.3, 0.4) is 0 Å². The minimum Gasteiger partial charge on any atom is -0.378 e. The summed E-state index contributed by atoms with van der Waals surface area (Å²) < 4.78 is 32.0. The van der Waals surface area contributed by atoms with E-state index in [1.165, 1.54) is 26.8 Å². The molecular weight excluding hydrogens is 522 g/mol. The molecule has 0 radical (unpaired) electrons. The van der Waals surface area contributed by atoms with Gasteiger partial charge in [0.25, 0.3) is 0 Å². The first kappa shape index (κ1) is 30.2. The van der Waals surface area contributed by atoms with E-state index in [0.717, 1.165) is 49.8 Å². The predicted octanol–water partition coefficient (Wildman–Crippen LogP) is 3.61. The Labute approximate surface area is 230 Å². The van der Waals surface area contributed by atoms with Crippen LogP contribution in [-0.4, -0.2) is 91.3 Å². The summed E-state index contributed by atoms with van der Waals surface area (Å²) in [4.78, 5) is 19.2. The second-order valence-corrected chi connectivity index (χ2v) is 11.8. The van der Waals surface area contributed by atoms with Crippen molar-refractivity contribution in [1.29, 1.82) is 0 Å². The molecule has 210 valence electrons. The third kappa shape index (κ3) is 6.97. The second kappa shape index (κ2) is 13.6. The summed E-state index contributed by atoms with van der Waals surface area (Å²) in [6.45, 7) is 16.4. The van der Waals surface area contributed by atoms with Crippen LogP contribution in [0.2, 0.25) is 0 Å². The molecular formula is C26H41N7O3S2. The van der Waals surface area contributed by atoms with Gasteiger partial charge in [0, 0.05) is 74.0 Å². The number of fused-ring (bicyclic) bond motifs is 1. The van der Waals surface area contributed by atoms with E-state index in [-0.39, 0.29) is 5.95 Å². The largest absolute Gasteiger partial charge is 0.378 e. The molecule has 2 N–H and O–H groups in total. The van der Waals surface area contributed by atoms with Crippen LogP contribution >= 0.6 is 11.3 Å². The minimum absolute atomic E-state index is 0.239. The molecule has 38 heavy (non-hydrogen) atoms. The highest BCUT2D eigenvalue weighted by Crippen LogP contribution is 2.39. The number of piperazine rings is 1. The minimum atomic E-state index is -3.14. The van der Waals surface area contributed by atoms with Crippen molar-refractivity contribution >= 4 is 43.2 Å². The molecule has 2 aliphatic heterocycles. The number of sulfonamides is 1. The number of nitrogens with two attached hydrogens (primary N) is 1. The molecule has 5 rings (SSSR count). The van der Waals surface area contributed by atoms with E-state index in [4.69, 9.17) is 15.5 Å². The van der Waals surface area contributed by atoms with Crippen LogP contribution in [0.1, 0.15) is 38.1 Å². The molecule has 0 saturated carbocycles. The van der Waals surface area contributed by atoms with Crippen molar-refractivity contribution in [1.82, 2.24) is 24.2 Å². The Hall–Kier alpha value is -2.38. The number of morpholine rings is 1. The fraction of sp³-hybridized carbons (Fsp3) is 0.577. The molecule has 0 amide bonds. The standard InChI is InChI=1S/C22H29N7O3S2.2C2H6/c1-15-17-11-18(16-12-24-22(23)25-13-16)26-21(28-7-9-32-10-8-28)20(17)33-19(15)14-27-3-5-29(6-4-27)34(2,30)31;2*1-2/h11-13H,3-10,14H2,1-2H3,(H2,23,24,25);2*1-2H3. The van der Waals surface area contributed by atoms with E-state index < -0.39 is 10.0 Å². The number of pyridine rings is 1. The molecule has 3 aromatic heterocycles. The van der Waals surface area contributed by atoms with Crippen LogP contribution in [0.25, 0.3) is 21.3 Å². The zero-order valence-electron chi connectivity index (χ0n) is 23.4. The third-order valence-electron chi connectivity index (χ3n) is 6.45. The first-order valence-corrected chi connectivity index (χ1v) is 16.0. The number of aromatic nitrogens is 3. The van der Waals surface area contributed by atoms with Gasteiger partial charge in [-0.25, -0.2) is 23.4 Å². The van der Waals surface area contributed by atoms with E-state index in [1.807, 2.05) is 27.7 Å². The Bertz CT molecular complexity index is 1280. The molecule has 5 heterocycles. The number of anilines is 2. The van der Waals surface area contributed by atoms with Gasteiger partial charge in [-0.1, -0.05) is 27.7 Å². The van der Waals surface area contributed by atoms with E-state index in [0.29, 0.717) is 26.3 Å². The molecule has 12 heteroatoms. The van der Waals surface area contributed by atoms with Crippen LogP contribution < -0.4 is 10.6 Å². The average Bonchev–Trinajstić information content (AvgIpc) is 3.26. The number of rotatable bonds is 5. The van der Waals surface area contributed by atoms with E-state index >= 15 is 0 Å². The monoisotopic (exact) mass is 563 g/mol. The quantitative estimate of drug-likeness (QED) is 0.497. The van der Waals surface area contributed by atoms with Crippen molar-refractivity contribution in [3.05, 3.63) is 28.9 Å². The first-order valence-electron chi connectivity index (χ1n) is 13.3. The van der Waals surface area contributed by atoms with Crippen molar-refractivity contribution in [3.8, 4) is 11.3 Å². The van der Waals surface area contributed by atoms with Gasteiger partial charge in [-0.2, -0.15) is 4.31 Å². The topological polar surface area (TPSA) is 118 Å². The second-order valence-electron chi connectivity index (χ2n) is 8.73. The lowest BCUT2D eigenvalue weighted by atomic mass is 10.1. The lowest BCUT2D eigenvalue weighted by molar-refractivity contribution is 0.122. The van der Waals surface area contributed by atoms with Crippen LogP contribution in [0, 0.1) is 6.92 Å². The van der Waals surface area contributed by atoms with Gasteiger partial charge < -0.3 is 15.4 Å². The summed E-state index contributed by atoms with van der Waals surface area (Å²) in [6, 6.07) is 2.12. The predicted molar refractivity (Wildman–Crippen MR) is 157 cm³/mol. The molecule has 2 saturated heterocycles.